The SMILES string of the molecule is O=C(NCc1cccs1)C(=O)NC[C@@H](c1ccco1)S(=O)(=O)c1ccc(Cl)cc1. The second-order valence-corrected chi connectivity index (χ2v) is 9.57. The summed E-state index contributed by atoms with van der Waals surface area (Å²) in [6, 6.07) is 12.4. The Bertz CT molecular complexity index is 1060. The highest BCUT2D eigenvalue weighted by molar-refractivity contribution is 7.91. The largest absolute Gasteiger partial charge is 0.468 e. The smallest absolute Gasteiger partial charge is 0.309 e. The number of carbonyl (C=O) groups excluding carboxylic acids is 2. The topological polar surface area (TPSA) is 105 Å². The van der Waals surface area contributed by atoms with Crippen molar-refractivity contribution in [1.29, 1.82) is 0 Å². The first-order chi connectivity index (χ1) is 13.9. The van der Waals surface area contributed by atoms with Crippen molar-refractivity contribution in [2.24, 2.45) is 0 Å². The van der Waals surface area contributed by atoms with Gasteiger partial charge in [0.05, 0.1) is 17.7 Å². The van der Waals surface area contributed by atoms with Gasteiger partial charge in [0.2, 0.25) is 0 Å². The average Bonchev–Trinajstić information content (AvgIpc) is 3.40. The van der Waals surface area contributed by atoms with Crippen LogP contribution in [0.1, 0.15) is 15.9 Å². The lowest BCUT2D eigenvalue weighted by Crippen LogP contribution is -2.41. The van der Waals surface area contributed by atoms with Gasteiger partial charge in [0.25, 0.3) is 0 Å². The summed E-state index contributed by atoms with van der Waals surface area (Å²) in [4.78, 5) is 25.0. The van der Waals surface area contributed by atoms with Gasteiger partial charge in [0, 0.05) is 16.4 Å². The third kappa shape index (κ3) is 5.26. The summed E-state index contributed by atoms with van der Waals surface area (Å²) in [5.41, 5.74) is 0. The van der Waals surface area contributed by atoms with E-state index < -0.39 is 26.9 Å². The molecule has 0 saturated heterocycles. The van der Waals surface area contributed by atoms with Gasteiger partial charge in [-0.15, -0.1) is 11.3 Å². The Hall–Kier alpha value is -2.62. The standard InChI is InChI=1S/C19H17ClN2O5S2/c20-13-5-7-15(8-6-13)29(25,26)17(16-4-1-9-27-16)12-22-19(24)18(23)21-11-14-3-2-10-28-14/h1-10,17H,11-12H2,(H,21,23)(H,22,24)/t17-/m0/s1. The van der Waals surface area contributed by atoms with Crippen LogP contribution in [0, 0.1) is 0 Å². The van der Waals surface area contributed by atoms with Crippen molar-refractivity contribution in [3.05, 3.63) is 75.8 Å². The first kappa shape index (κ1) is 21.1. The molecule has 1 aromatic carbocycles. The molecular weight excluding hydrogens is 436 g/mol. The van der Waals surface area contributed by atoms with Crippen molar-refractivity contribution < 1.29 is 22.4 Å². The summed E-state index contributed by atoms with van der Waals surface area (Å²) in [6.07, 6.45) is 1.34. The summed E-state index contributed by atoms with van der Waals surface area (Å²) in [7, 11) is -3.91. The zero-order chi connectivity index (χ0) is 20.9. The Morgan fingerprint density at radius 1 is 1.03 bits per heavy atom. The molecule has 2 aromatic heterocycles. The van der Waals surface area contributed by atoms with Gasteiger partial charge < -0.3 is 15.1 Å². The van der Waals surface area contributed by atoms with Crippen LogP contribution < -0.4 is 10.6 Å². The van der Waals surface area contributed by atoms with E-state index in [9.17, 15) is 18.0 Å². The van der Waals surface area contributed by atoms with Gasteiger partial charge in [-0.3, -0.25) is 9.59 Å². The third-order valence-corrected chi connectivity index (χ3v) is 7.24. The first-order valence-corrected chi connectivity index (χ1v) is 11.3. The highest BCUT2D eigenvalue weighted by Crippen LogP contribution is 2.29. The molecule has 7 nitrogen and oxygen atoms in total. The zero-order valence-corrected chi connectivity index (χ0v) is 17.4. The molecule has 0 radical (unpaired) electrons. The Labute approximate surface area is 176 Å². The normalized spacial score (nSPS) is 12.3. The Morgan fingerprint density at radius 3 is 2.38 bits per heavy atom. The molecular formula is C19H17ClN2O5S2. The number of carbonyl (C=O) groups is 2. The van der Waals surface area contributed by atoms with E-state index in [1.54, 1.807) is 6.07 Å². The lowest BCUT2D eigenvalue weighted by molar-refractivity contribution is -0.139. The van der Waals surface area contributed by atoms with Crippen LogP contribution in [0.25, 0.3) is 0 Å². The summed E-state index contributed by atoms with van der Waals surface area (Å²) in [5.74, 6) is -1.62. The molecule has 0 spiro atoms. The second kappa shape index (κ2) is 9.25. The number of rotatable bonds is 7. The molecule has 0 unspecified atom stereocenters. The van der Waals surface area contributed by atoms with Crippen LogP contribution in [0.2, 0.25) is 5.02 Å². The number of thiophene rings is 1. The summed E-state index contributed by atoms with van der Waals surface area (Å²) >= 11 is 7.28. The van der Waals surface area contributed by atoms with Crippen molar-refractivity contribution in [1.82, 2.24) is 10.6 Å². The quantitative estimate of drug-likeness (QED) is 0.536. The first-order valence-electron chi connectivity index (χ1n) is 8.49. The van der Waals surface area contributed by atoms with Crippen LogP contribution >= 0.6 is 22.9 Å². The second-order valence-electron chi connectivity index (χ2n) is 5.98. The van der Waals surface area contributed by atoms with E-state index in [0.29, 0.717) is 5.02 Å². The predicted molar refractivity (Wildman–Crippen MR) is 109 cm³/mol. The number of nitrogens with one attached hydrogen (secondary N) is 2. The number of furan rings is 1. The molecule has 29 heavy (non-hydrogen) atoms. The maximum absolute atomic E-state index is 13.1. The van der Waals surface area contributed by atoms with Crippen molar-refractivity contribution >= 4 is 44.6 Å². The summed E-state index contributed by atoms with van der Waals surface area (Å²) in [6.45, 7) is -0.113. The molecule has 3 rings (SSSR count). The molecule has 2 heterocycles. The fraction of sp³-hybridized carbons (Fsp3) is 0.158. The summed E-state index contributed by atoms with van der Waals surface area (Å²) < 4.78 is 31.4. The van der Waals surface area contributed by atoms with Gasteiger partial charge >= 0.3 is 11.8 Å². The molecule has 2 N–H and O–H groups in total. The number of amides is 2. The van der Waals surface area contributed by atoms with Crippen LogP contribution in [0.4, 0.5) is 0 Å². The van der Waals surface area contributed by atoms with E-state index >= 15 is 0 Å². The molecule has 0 bridgehead atoms. The Balaban J connectivity index is 1.70. The van der Waals surface area contributed by atoms with E-state index in [1.165, 1.54) is 47.9 Å². The molecule has 152 valence electrons. The van der Waals surface area contributed by atoms with Gasteiger partial charge in [-0.2, -0.15) is 0 Å². The molecule has 0 aliphatic rings. The van der Waals surface area contributed by atoms with Gasteiger partial charge in [-0.25, -0.2) is 8.42 Å². The van der Waals surface area contributed by atoms with Crippen molar-refractivity contribution in [3.8, 4) is 0 Å². The van der Waals surface area contributed by atoms with Crippen molar-refractivity contribution in [3.63, 3.8) is 0 Å². The fourth-order valence-electron chi connectivity index (χ4n) is 2.55. The number of hydrogen-bond acceptors (Lipinski definition) is 6. The number of sulfone groups is 1. The van der Waals surface area contributed by atoms with Crippen LogP contribution in [0.15, 0.2) is 69.5 Å². The Kier molecular flexibility index (Phi) is 6.73. The number of hydrogen-bond donors (Lipinski definition) is 2. The van der Waals surface area contributed by atoms with Gasteiger partial charge in [-0.1, -0.05) is 17.7 Å². The van der Waals surface area contributed by atoms with Crippen LogP contribution in [-0.4, -0.2) is 26.8 Å². The zero-order valence-electron chi connectivity index (χ0n) is 15.0. The Morgan fingerprint density at radius 2 is 1.76 bits per heavy atom. The number of halogens is 1. The lowest BCUT2D eigenvalue weighted by atomic mass is 10.3. The lowest BCUT2D eigenvalue weighted by Gasteiger charge is -2.16. The van der Waals surface area contributed by atoms with Crippen molar-refractivity contribution in [2.75, 3.05) is 6.54 Å². The maximum atomic E-state index is 13.1. The van der Waals surface area contributed by atoms with Gasteiger partial charge in [-0.05, 0) is 47.8 Å². The van der Waals surface area contributed by atoms with Crippen LogP contribution in [0.3, 0.4) is 0 Å². The van der Waals surface area contributed by atoms with E-state index in [4.69, 9.17) is 16.0 Å². The van der Waals surface area contributed by atoms with Gasteiger partial charge in [0.1, 0.15) is 11.0 Å². The molecule has 0 aliphatic carbocycles. The minimum atomic E-state index is -3.91. The average molecular weight is 453 g/mol. The molecule has 10 heteroatoms. The van der Waals surface area contributed by atoms with Crippen LogP contribution in [0.5, 0.6) is 0 Å². The van der Waals surface area contributed by atoms with Gasteiger partial charge in [0.15, 0.2) is 9.84 Å². The van der Waals surface area contributed by atoms with E-state index in [1.807, 2.05) is 17.5 Å². The highest BCUT2D eigenvalue weighted by atomic mass is 35.5. The number of benzene rings is 1. The summed E-state index contributed by atoms with van der Waals surface area (Å²) in [5, 5.41) is 5.92. The third-order valence-electron chi connectivity index (χ3n) is 4.03. The minimum absolute atomic E-state index is 0.0275. The van der Waals surface area contributed by atoms with Crippen LogP contribution in [-0.2, 0) is 26.0 Å². The minimum Gasteiger partial charge on any atom is -0.468 e. The van der Waals surface area contributed by atoms with E-state index in [2.05, 4.69) is 10.6 Å². The predicted octanol–water partition coefficient (Wildman–Crippen LogP) is 2.94. The molecule has 3 aromatic rings. The fourth-order valence-corrected chi connectivity index (χ4v) is 4.91. The van der Waals surface area contributed by atoms with Crippen molar-refractivity contribution in [2.45, 2.75) is 16.7 Å². The monoisotopic (exact) mass is 452 g/mol. The molecule has 0 aliphatic heterocycles. The molecule has 1 atom stereocenters. The molecule has 2 amide bonds. The van der Waals surface area contributed by atoms with E-state index in [0.717, 1.165) is 4.88 Å². The van der Waals surface area contributed by atoms with E-state index in [-0.39, 0.29) is 23.7 Å². The molecule has 0 fully saturated rings. The highest BCUT2D eigenvalue weighted by Gasteiger charge is 2.32. The maximum Gasteiger partial charge on any atom is 0.309 e. The molecule has 0 saturated carbocycles.